The topological polar surface area (TPSA) is 29.1 Å². The zero-order valence-electron chi connectivity index (χ0n) is 5.55. The van der Waals surface area contributed by atoms with Crippen LogP contribution in [0.2, 0.25) is 0 Å². The molecule has 1 amide bonds. The molecule has 9 heavy (non-hydrogen) atoms. The minimum atomic E-state index is 0.0214. The Hall–Kier alpha value is -1.05. The molecule has 2 heteroatoms. The molecular formula is C7H11NO. The minimum absolute atomic E-state index is 0.0214. The van der Waals surface area contributed by atoms with Crippen molar-refractivity contribution in [2.75, 3.05) is 7.05 Å². The van der Waals surface area contributed by atoms with Crippen LogP contribution in [-0.2, 0) is 4.79 Å². The van der Waals surface area contributed by atoms with Crippen molar-refractivity contribution in [1.82, 2.24) is 5.32 Å². The zero-order chi connectivity index (χ0) is 7.11. The first-order chi connectivity index (χ1) is 4.31. The molecule has 0 unspecified atom stereocenters. The van der Waals surface area contributed by atoms with E-state index in [4.69, 9.17) is 0 Å². The van der Waals surface area contributed by atoms with Crippen LogP contribution in [0.1, 0.15) is 6.42 Å². The van der Waals surface area contributed by atoms with Gasteiger partial charge in [-0.2, -0.15) is 0 Å². The van der Waals surface area contributed by atoms with E-state index in [-0.39, 0.29) is 5.91 Å². The lowest BCUT2D eigenvalue weighted by atomic mass is 10.3. The van der Waals surface area contributed by atoms with E-state index in [1.807, 2.05) is 0 Å². The zero-order valence-corrected chi connectivity index (χ0v) is 5.55. The van der Waals surface area contributed by atoms with Crippen molar-refractivity contribution in [3.63, 3.8) is 0 Å². The molecule has 0 atom stereocenters. The number of rotatable bonds is 3. The molecule has 0 bridgehead atoms. The maximum Gasteiger partial charge on any atom is 0.223 e. The summed E-state index contributed by atoms with van der Waals surface area (Å²) in [5.41, 5.74) is 0. The lowest BCUT2D eigenvalue weighted by Gasteiger charge is -1.89. The van der Waals surface area contributed by atoms with Crippen molar-refractivity contribution >= 4 is 5.91 Å². The summed E-state index contributed by atoms with van der Waals surface area (Å²) in [6.07, 6.45) is 5.58. The lowest BCUT2D eigenvalue weighted by Crippen LogP contribution is -2.15. The first kappa shape index (κ1) is 7.95. The summed E-state index contributed by atoms with van der Waals surface area (Å²) in [6.45, 7) is 3.46. The second kappa shape index (κ2) is 5.09. The van der Waals surface area contributed by atoms with Gasteiger partial charge in [0.05, 0.1) is 0 Å². The third-order valence-corrected chi connectivity index (χ3v) is 0.854. The van der Waals surface area contributed by atoms with Crippen LogP contribution in [-0.4, -0.2) is 13.0 Å². The highest BCUT2D eigenvalue weighted by atomic mass is 16.1. The molecule has 2 nitrogen and oxygen atoms in total. The van der Waals surface area contributed by atoms with E-state index in [2.05, 4.69) is 11.9 Å². The van der Waals surface area contributed by atoms with Crippen molar-refractivity contribution in [3.05, 3.63) is 24.8 Å². The summed E-state index contributed by atoms with van der Waals surface area (Å²) < 4.78 is 0. The molecule has 0 aliphatic rings. The fourth-order valence-electron chi connectivity index (χ4n) is 0.373. The number of allylic oxidation sites excluding steroid dienone is 2. The van der Waals surface area contributed by atoms with Crippen LogP contribution in [0.3, 0.4) is 0 Å². The van der Waals surface area contributed by atoms with Crippen molar-refractivity contribution in [3.8, 4) is 0 Å². The van der Waals surface area contributed by atoms with Gasteiger partial charge in [0.15, 0.2) is 0 Å². The van der Waals surface area contributed by atoms with E-state index < -0.39 is 0 Å². The predicted molar refractivity (Wildman–Crippen MR) is 38.0 cm³/mol. The van der Waals surface area contributed by atoms with Crippen LogP contribution in [0.25, 0.3) is 0 Å². The van der Waals surface area contributed by atoms with Gasteiger partial charge in [-0.1, -0.05) is 24.8 Å². The fraction of sp³-hybridized carbons (Fsp3) is 0.286. The van der Waals surface area contributed by atoms with Gasteiger partial charge in [0.25, 0.3) is 0 Å². The van der Waals surface area contributed by atoms with Gasteiger partial charge in [0.1, 0.15) is 0 Å². The molecule has 0 aromatic rings. The van der Waals surface area contributed by atoms with Crippen LogP contribution in [0.4, 0.5) is 0 Å². The summed E-state index contributed by atoms with van der Waals surface area (Å²) in [5, 5.41) is 2.50. The van der Waals surface area contributed by atoms with Gasteiger partial charge in [0.2, 0.25) is 5.91 Å². The van der Waals surface area contributed by atoms with Gasteiger partial charge in [-0.15, -0.1) is 0 Å². The summed E-state index contributed by atoms with van der Waals surface area (Å²) >= 11 is 0. The Kier molecular flexibility index (Phi) is 4.50. The van der Waals surface area contributed by atoms with Crippen LogP contribution < -0.4 is 5.32 Å². The maximum absolute atomic E-state index is 10.5. The van der Waals surface area contributed by atoms with Crippen molar-refractivity contribution < 1.29 is 4.79 Å². The van der Waals surface area contributed by atoms with E-state index in [9.17, 15) is 4.79 Å². The first-order valence-corrected chi connectivity index (χ1v) is 2.79. The summed E-state index contributed by atoms with van der Waals surface area (Å²) in [4.78, 5) is 10.5. The van der Waals surface area contributed by atoms with Gasteiger partial charge < -0.3 is 5.32 Å². The Labute approximate surface area is 55.3 Å². The number of hydrogen-bond acceptors (Lipinski definition) is 1. The molecule has 0 aliphatic carbocycles. The Morgan fingerprint density at radius 1 is 1.78 bits per heavy atom. The molecule has 0 saturated heterocycles. The van der Waals surface area contributed by atoms with Crippen molar-refractivity contribution in [1.29, 1.82) is 0 Å². The van der Waals surface area contributed by atoms with Crippen molar-refractivity contribution in [2.45, 2.75) is 6.42 Å². The van der Waals surface area contributed by atoms with E-state index >= 15 is 0 Å². The molecule has 0 fully saturated rings. The Morgan fingerprint density at radius 2 is 2.44 bits per heavy atom. The molecule has 0 spiro atoms. The molecule has 0 aromatic heterocycles. The second-order valence-corrected chi connectivity index (χ2v) is 1.54. The summed E-state index contributed by atoms with van der Waals surface area (Å²) in [5.74, 6) is 0.0214. The van der Waals surface area contributed by atoms with Crippen LogP contribution in [0.15, 0.2) is 24.8 Å². The quantitative estimate of drug-likeness (QED) is 0.557. The van der Waals surface area contributed by atoms with E-state index in [1.165, 1.54) is 0 Å². The van der Waals surface area contributed by atoms with E-state index in [0.29, 0.717) is 6.42 Å². The highest BCUT2D eigenvalue weighted by molar-refractivity contribution is 5.77. The van der Waals surface area contributed by atoms with Gasteiger partial charge in [-0.05, 0) is 0 Å². The number of carbonyl (C=O) groups excluding carboxylic acids is 1. The Balaban J connectivity index is 3.37. The number of hydrogen-bond donors (Lipinski definition) is 1. The lowest BCUT2D eigenvalue weighted by molar-refractivity contribution is -0.119. The van der Waals surface area contributed by atoms with Crippen LogP contribution in [0.5, 0.6) is 0 Å². The largest absolute Gasteiger partial charge is 0.359 e. The molecule has 0 rings (SSSR count). The number of carbonyl (C=O) groups is 1. The predicted octanol–water partition coefficient (Wildman–Crippen LogP) is 0.865. The number of nitrogens with one attached hydrogen (secondary N) is 1. The van der Waals surface area contributed by atoms with Crippen LogP contribution >= 0.6 is 0 Å². The SMILES string of the molecule is C=CC=CCC(=O)NC. The first-order valence-electron chi connectivity index (χ1n) is 2.79. The third kappa shape index (κ3) is 4.81. The fourth-order valence-corrected chi connectivity index (χ4v) is 0.373. The van der Waals surface area contributed by atoms with E-state index in [0.717, 1.165) is 0 Å². The van der Waals surface area contributed by atoms with Gasteiger partial charge in [-0.25, -0.2) is 0 Å². The van der Waals surface area contributed by atoms with Crippen molar-refractivity contribution in [2.24, 2.45) is 0 Å². The smallest absolute Gasteiger partial charge is 0.223 e. The highest BCUT2D eigenvalue weighted by Crippen LogP contribution is 1.81. The average molecular weight is 125 g/mol. The van der Waals surface area contributed by atoms with Gasteiger partial charge in [-0.3, -0.25) is 4.79 Å². The normalized spacial score (nSPS) is 9.44. The molecule has 0 radical (unpaired) electrons. The standard InChI is InChI=1S/C7H11NO/c1-3-4-5-6-7(9)8-2/h3-5H,1,6H2,2H3,(H,8,9). The highest BCUT2D eigenvalue weighted by Gasteiger charge is 1.88. The van der Waals surface area contributed by atoms with Gasteiger partial charge in [0, 0.05) is 13.5 Å². The Morgan fingerprint density at radius 3 is 2.89 bits per heavy atom. The minimum Gasteiger partial charge on any atom is -0.359 e. The average Bonchev–Trinajstić information content (AvgIpc) is 1.89. The third-order valence-electron chi connectivity index (χ3n) is 0.854. The summed E-state index contributed by atoms with van der Waals surface area (Å²) in [6, 6.07) is 0. The summed E-state index contributed by atoms with van der Waals surface area (Å²) in [7, 11) is 1.62. The molecule has 0 aromatic carbocycles. The second-order valence-electron chi connectivity index (χ2n) is 1.54. The molecular weight excluding hydrogens is 114 g/mol. The molecule has 0 heterocycles. The molecule has 0 saturated carbocycles. The van der Waals surface area contributed by atoms with Crippen LogP contribution in [0, 0.1) is 0 Å². The maximum atomic E-state index is 10.5. The monoisotopic (exact) mass is 125 g/mol. The molecule has 1 N–H and O–H groups in total. The van der Waals surface area contributed by atoms with Gasteiger partial charge >= 0.3 is 0 Å². The Bertz CT molecular complexity index is 127. The molecule has 50 valence electrons. The number of amides is 1. The molecule has 0 aliphatic heterocycles. The van der Waals surface area contributed by atoms with E-state index in [1.54, 1.807) is 25.3 Å².